The molecule has 62 heavy (non-hydrogen) atoms. The molecule has 4 atom stereocenters. The van der Waals surface area contributed by atoms with Crippen LogP contribution >= 0.6 is 0 Å². The van der Waals surface area contributed by atoms with Gasteiger partial charge in [-0.15, -0.1) is 0 Å². The molecule has 0 spiro atoms. The highest BCUT2D eigenvalue weighted by molar-refractivity contribution is 6.07. The van der Waals surface area contributed by atoms with Gasteiger partial charge in [0.1, 0.15) is 97.7 Å². The normalized spacial score (nSPS) is 22.0. The van der Waals surface area contributed by atoms with Gasteiger partial charge in [-0.1, -0.05) is 0 Å². The summed E-state index contributed by atoms with van der Waals surface area (Å²) >= 11 is 0. The van der Waals surface area contributed by atoms with Crippen molar-refractivity contribution in [3.63, 3.8) is 0 Å². The fraction of sp³-hybridized carbons (Fsp3) is 0.375. The van der Waals surface area contributed by atoms with E-state index in [-0.39, 0.29) is 38.0 Å². The summed E-state index contributed by atoms with van der Waals surface area (Å²) in [5.74, 6) is 3.85. The van der Waals surface area contributed by atoms with E-state index >= 15 is 0 Å². The van der Waals surface area contributed by atoms with E-state index in [4.69, 9.17) is 47.4 Å². The van der Waals surface area contributed by atoms with Gasteiger partial charge in [-0.25, -0.2) is 8.78 Å². The number of hydrogen-bond acceptors (Lipinski definition) is 12. The molecule has 6 heterocycles. The van der Waals surface area contributed by atoms with Crippen molar-refractivity contribution in [1.82, 2.24) is 0 Å². The molecule has 0 saturated heterocycles. The zero-order valence-corrected chi connectivity index (χ0v) is 35.1. The highest BCUT2D eigenvalue weighted by Crippen LogP contribution is 2.52. The molecule has 0 radical (unpaired) electrons. The van der Waals surface area contributed by atoms with Crippen molar-refractivity contribution >= 4 is 23.7 Å². The molecule has 4 aromatic rings. The second kappa shape index (κ2) is 15.8. The van der Waals surface area contributed by atoms with Crippen molar-refractivity contribution in [3.8, 4) is 57.5 Å². The highest BCUT2D eigenvalue weighted by Gasteiger charge is 2.47. The number of ether oxygens (including phenoxy) is 10. The molecule has 14 heteroatoms. The van der Waals surface area contributed by atoms with Crippen LogP contribution in [0, 0.1) is 0 Å². The molecule has 0 aliphatic carbocycles. The Bertz CT molecular complexity index is 2530. The lowest BCUT2D eigenvalue weighted by atomic mass is 9.81. The molecule has 0 bridgehead atoms. The summed E-state index contributed by atoms with van der Waals surface area (Å²) in [6, 6.07) is 13.9. The molecule has 0 saturated carbocycles. The van der Waals surface area contributed by atoms with Gasteiger partial charge in [0.15, 0.2) is 34.6 Å². The largest absolute Gasteiger partial charge is 0.493 e. The van der Waals surface area contributed by atoms with Crippen molar-refractivity contribution in [2.75, 3.05) is 54.0 Å². The molecular formula is C48H46F2O12. The van der Waals surface area contributed by atoms with Crippen LogP contribution in [0.1, 0.15) is 82.5 Å². The summed E-state index contributed by atoms with van der Waals surface area (Å²) in [6.45, 7) is 6.86. The van der Waals surface area contributed by atoms with E-state index in [1.165, 1.54) is 14.2 Å². The Morgan fingerprint density at radius 2 is 1.02 bits per heavy atom. The van der Waals surface area contributed by atoms with Crippen LogP contribution in [0.15, 0.2) is 60.7 Å². The molecule has 324 valence electrons. The minimum Gasteiger partial charge on any atom is -0.493 e. The number of benzene rings is 4. The monoisotopic (exact) mass is 850 g/mol. The van der Waals surface area contributed by atoms with Gasteiger partial charge in [0.2, 0.25) is 0 Å². The Labute approximate surface area is 357 Å². The Hall–Kier alpha value is -6.44. The number of carbonyl (C=O) groups excluding carboxylic acids is 2. The molecule has 0 aromatic heterocycles. The van der Waals surface area contributed by atoms with Gasteiger partial charge in [-0.3, -0.25) is 9.59 Å². The van der Waals surface area contributed by atoms with Gasteiger partial charge in [0.05, 0.1) is 48.3 Å². The van der Waals surface area contributed by atoms with Gasteiger partial charge in [-0.05, 0) is 88.4 Å². The fourth-order valence-corrected chi connectivity index (χ4v) is 8.59. The van der Waals surface area contributed by atoms with Gasteiger partial charge in [0.25, 0.3) is 0 Å². The Balaban J connectivity index is 0.000000158. The van der Waals surface area contributed by atoms with E-state index in [9.17, 15) is 18.4 Å². The third kappa shape index (κ3) is 7.18. The third-order valence-corrected chi connectivity index (χ3v) is 11.5. The van der Waals surface area contributed by atoms with E-state index in [1.807, 2.05) is 64.1 Å². The maximum absolute atomic E-state index is 13.6. The first-order valence-corrected chi connectivity index (χ1v) is 20.4. The summed E-state index contributed by atoms with van der Waals surface area (Å²) in [7, 11) is 3.00. The lowest BCUT2D eigenvalue weighted by Gasteiger charge is -2.38. The SMILES string of the molecule is COc1cc2c(cc1OCC[18F])OC[C@H]1Oc3c(ccc4c3C=CC(C)(C)O4)C(=O)[C@@H]21.COc1cc2c(cc1OCC[18F])[C@@H]1C(=O)c3ccc4c(c3O[C@@H]1CO2)C=CC(C)(C)O4. The Kier molecular flexibility index (Phi) is 10.4. The summed E-state index contributed by atoms with van der Waals surface area (Å²) in [5.41, 5.74) is 3.01. The first kappa shape index (κ1) is 40.9. The number of alkyl halides is 2. The minimum atomic E-state index is -0.629. The molecule has 0 fully saturated rings. The number of Topliss-reactive ketones (excluding diaryl/α,β-unsaturated/α-hetero) is 2. The van der Waals surface area contributed by atoms with Gasteiger partial charge >= 0.3 is 0 Å². The van der Waals surface area contributed by atoms with Crippen molar-refractivity contribution in [1.29, 1.82) is 0 Å². The number of rotatable bonds is 8. The zero-order valence-electron chi connectivity index (χ0n) is 35.1. The van der Waals surface area contributed by atoms with Crippen LogP contribution in [0.3, 0.4) is 0 Å². The summed E-state index contributed by atoms with van der Waals surface area (Å²) in [5, 5.41) is 0. The van der Waals surface area contributed by atoms with E-state index in [2.05, 4.69) is 0 Å². The molecule has 10 rings (SSSR count). The molecule has 0 N–H and O–H groups in total. The predicted octanol–water partition coefficient (Wildman–Crippen LogP) is 8.70. The molecule has 4 aromatic carbocycles. The van der Waals surface area contributed by atoms with E-state index in [0.717, 1.165) is 11.1 Å². The van der Waals surface area contributed by atoms with Crippen LogP contribution in [0.25, 0.3) is 12.2 Å². The molecule has 6 aliphatic heterocycles. The van der Waals surface area contributed by atoms with Crippen molar-refractivity contribution in [2.24, 2.45) is 0 Å². The van der Waals surface area contributed by atoms with Crippen LogP contribution in [0.5, 0.6) is 57.5 Å². The number of carbonyl (C=O) groups is 2. The standard InChI is InChI=1S/2C24H23FO6/c1-24(2)7-6-13-16(31-24)5-4-14-22(26)21-15-10-19(28-9-8-25)18(27-3)11-17(15)29-12-20(21)30-23(13)14;1-24(2)7-6-13-16(31-24)5-4-14-22(26)21-15-10-18(27-3)19(28-9-8-25)11-17(15)29-12-20(21)30-23(13)14/h2*4-7,10-11,20-21H,8-9,12H2,1-3H3/t2*20-,21+/m11/s1/i2*25-1. The van der Waals surface area contributed by atoms with Crippen LogP contribution in [-0.2, 0) is 0 Å². The Morgan fingerprint density at radius 1 is 0.597 bits per heavy atom. The smallest absolute Gasteiger partial charge is 0.178 e. The number of methoxy groups -OCH3 is 2. The van der Waals surface area contributed by atoms with E-state index in [1.54, 1.807) is 36.4 Å². The topological polar surface area (TPSA) is 126 Å². The van der Waals surface area contributed by atoms with Crippen molar-refractivity contribution in [3.05, 3.63) is 94.1 Å². The first-order valence-electron chi connectivity index (χ1n) is 20.4. The van der Waals surface area contributed by atoms with E-state index < -0.39 is 48.6 Å². The van der Waals surface area contributed by atoms with Crippen molar-refractivity contribution in [2.45, 2.75) is 62.9 Å². The average molecular weight is 851 g/mol. The Morgan fingerprint density at radius 3 is 1.47 bits per heavy atom. The maximum atomic E-state index is 13.6. The average Bonchev–Trinajstić information content (AvgIpc) is 3.25. The molecule has 0 unspecified atom stereocenters. The van der Waals surface area contributed by atoms with Gasteiger partial charge in [0, 0.05) is 23.3 Å². The van der Waals surface area contributed by atoms with Gasteiger partial charge < -0.3 is 47.4 Å². The second-order valence-electron chi connectivity index (χ2n) is 16.6. The van der Waals surface area contributed by atoms with E-state index in [0.29, 0.717) is 79.7 Å². The summed E-state index contributed by atoms with van der Waals surface area (Å²) < 4.78 is 83.3. The number of ketones is 2. The molecule has 6 aliphatic rings. The number of halogens is 2. The fourth-order valence-electron chi connectivity index (χ4n) is 8.59. The lowest BCUT2D eigenvalue weighted by molar-refractivity contribution is 0.0546. The molecule has 0 amide bonds. The van der Waals surface area contributed by atoms with Crippen LogP contribution in [0.4, 0.5) is 8.78 Å². The number of hydrogen-bond donors (Lipinski definition) is 0. The molecule has 12 nitrogen and oxygen atoms in total. The highest BCUT2D eigenvalue weighted by atomic mass is 18.2. The van der Waals surface area contributed by atoms with Crippen LogP contribution in [-0.4, -0.2) is 89.0 Å². The molecular weight excluding hydrogens is 805 g/mol. The van der Waals surface area contributed by atoms with Crippen LogP contribution < -0.4 is 47.4 Å². The first-order chi connectivity index (χ1) is 29.8. The zero-order chi connectivity index (χ0) is 43.5. The second-order valence-corrected chi connectivity index (χ2v) is 16.6. The predicted molar refractivity (Wildman–Crippen MR) is 223 cm³/mol. The lowest BCUT2D eigenvalue weighted by Crippen LogP contribution is -2.43. The minimum absolute atomic E-state index is 0.0451. The quantitative estimate of drug-likeness (QED) is 0.168. The van der Waals surface area contributed by atoms with Crippen LogP contribution in [0.2, 0.25) is 0 Å². The summed E-state index contributed by atoms with van der Waals surface area (Å²) in [4.78, 5) is 27.1. The van der Waals surface area contributed by atoms with Gasteiger partial charge in [-0.2, -0.15) is 0 Å². The summed E-state index contributed by atoms with van der Waals surface area (Å²) in [6.07, 6.45) is 6.81. The van der Waals surface area contributed by atoms with Crippen molar-refractivity contribution < 1.29 is 65.7 Å². The maximum Gasteiger partial charge on any atom is 0.178 e. The number of fused-ring (bicyclic) bond motifs is 12. The third-order valence-electron chi connectivity index (χ3n) is 11.5.